The molecule has 7 N–H and O–H groups in total. The molecule has 12 atom stereocenters. The fraction of sp³-hybridized carbons (Fsp3) is 0.739. The minimum atomic E-state index is -1.27. The van der Waals surface area contributed by atoms with E-state index in [1.807, 2.05) is 77.2 Å². The lowest BCUT2D eigenvalue weighted by Crippen LogP contribution is -2.61. The summed E-state index contributed by atoms with van der Waals surface area (Å²) >= 11 is 0. The summed E-state index contributed by atoms with van der Waals surface area (Å²) in [5, 5.41) is 26.8. The fourth-order valence-electron chi connectivity index (χ4n) is 9.55. The highest BCUT2D eigenvalue weighted by molar-refractivity contribution is 6.00. The van der Waals surface area contributed by atoms with E-state index >= 15 is 0 Å². The van der Waals surface area contributed by atoms with Gasteiger partial charge in [-0.2, -0.15) is 0 Å². The van der Waals surface area contributed by atoms with Gasteiger partial charge in [-0.05, 0) is 98.5 Å². The van der Waals surface area contributed by atoms with E-state index in [0.29, 0.717) is 63.1 Å². The minimum absolute atomic E-state index is 0.0232. The number of methoxy groups -OCH3 is 1. The summed E-state index contributed by atoms with van der Waals surface area (Å²) in [6, 6.07) is 6.16. The molecule has 0 saturated carbocycles. The predicted octanol–water partition coefficient (Wildman–Crippen LogP) is 2.98. The van der Waals surface area contributed by atoms with E-state index in [0.717, 1.165) is 5.56 Å². The number of carbonyl (C=O) groups excluding carboxylic acids is 4. The van der Waals surface area contributed by atoms with Crippen LogP contribution in [0, 0.1) is 17.8 Å². The van der Waals surface area contributed by atoms with Gasteiger partial charge in [-0.3, -0.25) is 24.0 Å². The predicted molar refractivity (Wildman–Crippen MR) is 245 cm³/mol. The molecule has 19 heteroatoms. The zero-order valence-corrected chi connectivity index (χ0v) is 40.5. The molecule has 2 aliphatic rings. The van der Waals surface area contributed by atoms with Gasteiger partial charge in [0.25, 0.3) is 0 Å². The number of fused-ring (bicyclic) bond motifs is 1. The van der Waals surface area contributed by atoms with Gasteiger partial charge in [-0.25, -0.2) is 4.79 Å². The Balaban J connectivity index is 1.62. The van der Waals surface area contributed by atoms with Crippen LogP contribution in [-0.4, -0.2) is 162 Å². The van der Waals surface area contributed by atoms with E-state index in [1.165, 1.54) is 6.92 Å². The first kappa shape index (κ1) is 53.4. The standard InChI is InChI=1S/C46H77N9O10/c1-12-35(53(9)10)39(58)43(62-22-19-49-37(56)25-47)64-41-29(4)38(57)30(5)42(59)63-36(13-2)46(8)40(31(6)50-26-28(3)24-45(41,7)61-11)55(44(60)65-46)21-15-14-20-54-27-34(51-52-54)32-17-16-18-33(48)23-32/h16-18,23,27-31,35-36,39-41,43,50,58H,12-15,19-22,24-26,47-48H2,1-11H3,(H,49,56)/t28-,29+,30-,31-,35?,36-,39?,40-,41-,43+,45-,46-/m1/s1. The Labute approximate surface area is 384 Å². The fourth-order valence-corrected chi connectivity index (χ4v) is 9.55. The van der Waals surface area contributed by atoms with Gasteiger partial charge in [0, 0.05) is 56.0 Å². The monoisotopic (exact) mass is 916 g/mol. The molecule has 19 nitrogen and oxygen atoms in total. The Morgan fingerprint density at radius 3 is 2.46 bits per heavy atom. The summed E-state index contributed by atoms with van der Waals surface area (Å²) in [6.07, 6.45) is -0.468. The summed E-state index contributed by atoms with van der Waals surface area (Å²) in [6.45, 7) is 16.0. The number of aliphatic hydroxyl groups is 1. The first-order chi connectivity index (χ1) is 30.7. The van der Waals surface area contributed by atoms with Crippen LogP contribution < -0.4 is 22.1 Å². The van der Waals surface area contributed by atoms with Gasteiger partial charge in [-0.1, -0.05) is 45.0 Å². The molecule has 2 fully saturated rings. The van der Waals surface area contributed by atoms with Crippen molar-refractivity contribution in [1.82, 2.24) is 35.4 Å². The topological polar surface area (TPSA) is 248 Å². The van der Waals surface area contributed by atoms with Crippen molar-refractivity contribution in [2.75, 3.05) is 59.7 Å². The Morgan fingerprint density at radius 1 is 1.12 bits per heavy atom. The van der Waals surface area contributed by atoms with Crippen molar-refractivity contribution in [3.63, 3.8) is 0 Å². The van der Waals surface area contributed by atoms with Gasteiger partial charge in [0.15, 0.2) is 17.7 Å². The number of Topliss-reactive ketones (excluding diaryl/α,β-unsaturated/α-hetero) is 1. The van der Waals surface area contributed by atoms with Crippen molar-refractivity contribution in [1.29, 1.82) is 0 Å². The van der Waals surface area contributed by atoms with Gasteiger partial charge in [0.05, 0.1) is 37.1 Å². The second-order valence-electron chi connectivity index (χ2n) is 18.4. The maximum Gasteiger partial charge on any atom is 0.410 e. The molecule has 0 radical (unpaired) electrons. The number of ketones is 1. The number of nitrogens with two attached hydrogens (primary N) is 2. The second kappa shape index (κ2) is 24.0. The average molecular weight is 916 g/mol. The third kappa shape index (κ3) is 13.2. The molecule has 2 aromatic rings. The molecule has 0 spiro atoms. The lowest BCUT2D eigenvalue weighted by atomic mass is 9.78. The number of aliphatic hydroxyl groups excluding tert-OH is 1. The van der Waals surface area contributed by atoms with E-state index in [2.05, 4.69) is 27.9 Å². The molecule has 1 aromatic carbocycles. The third-order valence-electron chi connectivity index (χ3n) is 13.2. The number of benzene rings is 1. The highest BCUT2D eigenvalue weighted by atomic mass is 16.7. The number of cyclic esters (lactones) is 1. The van der Waals surface area contributed by atoms with Gasteiger partial charge >= 0.3 is 12.1 Å². The van der Waals surface area contributed by atoms with Crippen molar-refractivity contribution in [3.05, 3.63) is 30.5 Å². The number of hydrogen-bond donors (Lipinski definition) is 5. The van der Waals surface area contributed by atoms with Crippen LogP contribution in [-0.2, 0) is 44.6 Å². The molecule has 0 aliphatic carbocycles. The van der Waals surface area contributed by atoms with Gasteiger partial charge in [0.1, 0.15) is 23.8 Å². The van der Waals surface area contributed by atoms with Crippen LogP contribution in [0.25, 0.3) is 11.3 Å². The van der Waals surface area contributed by atoms with Crippen LogP contribution in [0.15, 0.2) is 30.5 Å². The molecule has 2 amide bonds. The lowest BCUT2D eigenvalue weighted by molar-refractivity contribution is -0.266. The van der Waals surface area contributed by atoms with Crippen LogP contribution >= 0.6 is 0 Å². The van der Waals surface area contributed by atoms with Crippen LogP contribution in [0.2, 0.25) is 0 Å². The minimum Gasteiger partial charge on any atom is -0.458 e. The Morgan fingerprint density at radius 2 is 1.83 bits per heavy atom. The smallest absolute Gasteiger partial charge is 0.410 e. The van der Waals surface area contributed by atoms with Crippen molar-refractivity contribution in [3.8, 4) is 11.3 Å². The van der Waals surface area contributed by atoms with E-state index in [4.69, 9.17) is 35.2 Å². The number of aryl methyl sites for hydroxylation is 1. The largest absolute Gasteiger partial charge is 0.458 e. The molecule has 65 heavy (non-hydrogen) atoms. The Hall–Kier alpha value is -4.24. The van der Waals surface area contributed by atoms with Crippen LogP contribution in [0.3, 0.4) is 0 Å². The zero-order valence-electron chi connectivity index (χ0n) is 40.5. The average Bonchev–Trinajstić information content (AvgIpc) is 3.85. The molecule has 0 bridgehead atoms. The summed E-state index contributed by atoms with van der Waals surface area (Å²) in [5.41, 5.74) is 11.2. The number of hydrogen-bond acceptors (Lipinski definition) is 16. The van der Waals surface area contributed by atoms with Gasteiger partial charge < -0.3 is 55.8 Å². The molecular formula is C46H77N9O10. The highest BCUT2D eigenvalue weighted by Gasteiger charge is 2.58. The molecule has 3 heterocycles. The molecule has 4 rings (SSSR count). The van der Waals surface area contributed by atoms with E-state index < -0.39 is 77.6 Å². The van der Waals surface area contributed by atoms with Crippen LogP contribution in [0.5, 0.6) is 0 Å². The maximum atomic E-state index is 14.6. The summed E-state index contributed by atoms with van der Waals surface area (Å²) < 4.78 is 33.4. The van der Waals surface area contributed by atoms with E-state index in [-0.39, 0.29) is 37.6 Å². The Bertz CT molecular complexity index is 1870. The molecule has 1 aromatic heterocycles. The normalized spacial score (nSPS) is 29.6. The Kier molecular flexibility index (Phi) is 19.7. The van der Waals surface area contributed by atoms with Crippen LogP contribution in [0.1, 0.15) is 87.5 Å². The summed E-state index contributed by atoms with van der Waals surface area (Å²) in [5.74, 6) is -3.90. The number of nitrogen functional groups attached to an aromatic ring is 1. The number of unbranched alkanes of at least 4 members (excludes halogenated alkanes) is 1. The van der Waals surface area contributed by atoms with Crippen molar-refractivity contribution in [2.24, 2.45) is 23.5 Å². The quantitative estimate of drug-likeness (QED) is 0.0447. The number of anilines is 1. The number of esters is 1. The number of nitrogens with one attached hydrogen (secondary N) is 2. The maximum absolute atomic E-state index is 14.6. The third-order valence-corrected chi connectivity index (χ3v) is 13.2. The molecule has 366 valence electrons. The number of amides is 2. The number of nitrogens with zero attached hydrogens (tertiary/aromatic N) is 5. The number of likely N-dealkylation sites (N-methyl/N-ethyl adjacent to an activating group) is 1. The molecule has 2 saturated heterocycles. The first-order valence-electron chi connectivity index (χ1n) is 23.1. The van der Waals surface area contributed by atoms with E-state index in [9.17, 15) is 24.3 Å². The summed E-state index contributed by atoms with van der Waals surface area (Å²) in [7, 11) is 5.22. The van der Waals surface area contributed by atoms with Crippen molar-refractivity contribution in [2.45, 2.75) is 148 Å². The van der Waals surface area contributed by atoms with Gasteiger partial charge in [-0.15, -0.1) is 5.10 Å². The number of rotatable bonds is 19. The zero-order chi connectivity index (χ0) is 48.2. The first-order valence-corrected chi connectivity index (χ1v) is 23.1. The van der Waals surface area contributed by atoms with E-state index in [1.54, 1.807) is 30.5 Å². The summed E-state index contributed by atoms with van der Waals surface area (Å²) in [4.78, 5) is 58.1. The van der Waals surface area contributed by atoms with Crippen molar-refractivity contribution >= 4 is 29.4 Å². The highest BCUT2D eigenvalue weighted by Crippen LogP contribution is 2.40. The number of ether oxygens (including phenoxy) is 5. The number of aromatic nitrogens is 3. The number of carbonyl (C=O) groups is 4. The molecule has 2 unspecified atom stereocenters. The molecular weight excluding hydrogens is 839 g/mol. The molecule has 2 aliphatic heterocycles. The van der Waals surface area contributed by atoms with Gasteiger partial charge in [0.2, 0.25) is 5.91 Å². The second-order valence-corrected chi connectivity index (χ2v) is 18.4. The van der Waals surface area contributed by atoms with Crippen LogP contribution in [0.4, 0.5) is 10.5 Å². The van der Waals surface area contributed by atoms with Crippen molar-refractivity contribution < 1.29 is 48.0 Å². The SMILES string of the molecule is CCC(C(O)[C@@H](OCCNC(=O)CN)O[C@@H]1[C@@H](C)C(=O)[C@@H](C)C(=O)O[C@H](CC)[C@@]2(C)OC(=O)N(CCCCn3cc(-c4cccc(N)c4)nn3)[C@@H]2[C@@H](C)NC[C@H](C)C[C@@]1(C)OC)N(C)C. The lowest BCUT2D eigenvalue weighted by Gasteiger charge is -2.44.